The van der Waals surface area contributed by atoms with Crippen LogP contribution in [0.25, 0.3) is 0 Å². The van der Waals surface area contributed by atoms with Crippen molar-refractivity contribution in [2.75, 3.05) is 10.6 Å². The Kier molecular flexibility index (Phi) is 5.16. The van der Waals surface area contributed by atoms with E-state index in [1.165, 1.54) is 5.38 Å². The van der Waals surface area contributed by atoms with Gasteiger partial charge in [0.25, 0.3) is 10.0 Å². The molecular formula is C15H19N5O4S3. The molecule has 1 atom stereocenters. The van der Waals surface area contributed by atoms with Crippen molar-refractivity contribution in [3.63, 3.8) is 0 Å². The second kappa shape index (κ2) is 7.11. The fourth-order valence-electron chi connectivity index (χ4n) is 2.49. The molecule has 3 aromatic heterocycles. The smallest absolute Gasteiger partial charge is 0.251 e. The number of hydrogen-bond acceptors (Lipinski definition) is 10. The van der Waals surface area contributed by atoms with Gasteiger partial charge in [0.2, 0.25) is 0 Å². The first-order valence-electron chi connectivity index (χ1n) is 7.79. The van der Waals surface area contributed by atoms with Crippen molar-refractivity contribution in [3.8, 4) is 5.75 Å². The number of aromatic nitrogens is 2. The number of thiophene rings is 1. The van der Waals surface area contributed by atoms with E-state index in [0.717, 1.165) is 28.6 Å². The Morgan fingerprint density at radius 2 is 2.00 bits per heavy atom. The van der Waals surface area contributed by atoms with Crippen LogP contribution in [0.3, 0.4) is 0 Å². The molecule has 3 rings (SSSR count). The van der Waals surface area contributed by atoms with E-state index in [4.69, 9.17) is 9.56 Å². The van der Waals surface area contributed by atoms with E-state index >= 15 is 0 Å². The minimum absolute atomic E-state index is 0.114. The number of hydrogen-bond donors (Lipinski definition) is 4. The summed E-state index contributed by atoms with van der Waals surface area (Å²) >= 11 is 1.81. The number of nitrogens with two attached hydrogens (primary N) is 1. The van der Waals surface area contributed by atoms with Crippen LogP contribution in [0.5, 0.6) is 5.75 Å². The summed E-state index contributed by atoms with van der Waals surface area (Å²) in [6.45, 7) is 6.23. The molecule has 0 amide bonds. The van der Waals surface area contributed by atoms with Crippen LogP contribution in [0, 0.1) is 5.41 Å². The minimum atomic E-state index is -4.00. The number of rotatable bonds is 6. The van der Waals surface area contributed by atoms with Gasteiger partial charge in [0.05, 0.1) is 36.0 Å². The maximum atomic E-state index is 11.5. The van der Waals surface area contributed by atoms with Gasteiger partial charge in [-0.3, -0.25) is 0 Å². The first-order chi connectivity index (χ1) is 12.6. The zero-order valence-corrected chi connectivity index (χ0v) is 17.2. The zero-order chi connectivity index (χ0) is 19.8. The van der Waals surface area contributed by atoms with Gasteiger partial charge in [-0.05, 0) is 11.5 Å². The summed E-state index contributed by atoms with van der Waals surface area (Å²) in [6.07, 6.45) is 3.27. The average Bonchev–Trinajstić information content (AvgIpc) is 3.26. The molecule has 5 N–H and O–H groups in total. The van der Waals surface area contributed by atoms with Crippen molar-refractivity contribution in [1.82, 2.24) is 8.75 Å². The Morgan fingerprint density at radius 1 is 1.30 bits per heavy atom. The number of sulfonamides is 1. The molecule has 9 nitrogen and oxygen atoms in total. The molecule has 3 aromatic rings. The third-order valence-corrected chi connectivity index (χ3v) is 6.74. The third-order valence-electron chi connectivity index (χ3n) is 3.76. The van der Waals surface area contributed by atoms with E-state index in [2.05, 4.69) is 40.2 Å². The molecule has 146 valence electrons. The summed E-state index contributed by atoms with van der Waals surface area (Å²) in [5, 5.41) is 22.9. The summed E-state index contributed by atoms with van der Waals surface area (Å²) in [5.41, 5.74) is 0.988. The second-order valence-corrected chi connectivity index (χ2v) is 10.1. The molecule has 0 saturated carbocycles. The quantitative estimate of drug-likeness (QED) is 0.466. The standard InChI is InChI=1S/C15H19N5O4S3/c1-15(2,3)11(8-4-5-24-6-8)18-13-12(19-26-20-13)17-9-7-25-14(10(9)21)27(16,22)23/h4-7,11,21H,1-3H3,(H,17,19)(H,18,20)(H2,16,22,23)/t11-/m0/s1. The van der Waals surface area contributed by atoms with Crippen molar-refractivity contribution >= 4 is 50.4 Å². The molecule has 0 bridgehead atoms. The van der Waals surface area contributed by atoms with Crippen LogP contribution in [-0.4, -0.2) is 22.3 Å². The first-order valence-corrected chi connectivity index (χ1v) is 10.9. The molecule has 0 aliphatic carbocycles. The van der Waals surface area contributed by atoms with Crippen molar-refractivity contribution in [1.29, 1.82) is 0 Å². The number of furan rings is 1. The summed E-state index contributed by atoms with van der Waals surface area (Å²) < 4.78 is 36.3. The maximum Gasteiger partial charge on any atom is 0.251 e. The highest BCUT2D eigenvalue weighted by atomic mass is 32.2. The van der Waals surface area contributed by atoms with E-state index in [1.807, 2.05) is 6.07 Å². The van der Waals surface area contributed by atoms with Gasteiger partial charge in [0, 0.05) is 10.9 Å². The van der Waals surface area contributed by atoms with Crippen molar-refractivity contribution in [2.24, 2.45) is 10.6 Å². The monoisotopic (exact) mass is 429 g/mol. The minimum Gasteiger partial charge on any atom is -0.504 e. The normalized spacial score (nSPS) is 13.5. The second-order valence-electron chi connectivity index (χ2n) is 6.92. The lowest BCUT2D eigenvalue weighted by Crippen LogP contribution is -2.25. The highest BCUT2D eigenvalue weighted by molar-refractivity contribution is 7.91. The molecule has 0 spiro atoms. The Balaban J connectivity index is 1.88. The molecular weight excluding hydrogens is 410 g/mol. The van der Waals surface area contributed by atoms with Crippen LogP contribution in [0.15, 0.2) is 32.6 Å². The first kappa shape index (κ1) is 19.6. The molecule has 0 aromatic carbocycles. The summed E-state index contributed by atoms with van der Waals surface area (Å²) in [5.74, 6) is 0.402. The average molecular weight is 430 g/mol. The fraction of sp³-hybridized carbons (Fsp3) is 0.333. The molecule has 0 unspecified atom stereocenters. The molecule has 0 fully saturated rings. The van der Waals surface area contributed by atoms with Gasteiger partial charge in [-0.2, -0.15) is 8.75 Å². The lowest BCUT2D eigenvalue weighted by atomic mass is 9.83. The lowest BCUT2D eigenvalue weighted by Gasteiger charge is -2.31. The van der Waals surface area contributed by atoms with Crippen LogP contribution < -0.4 is 15.8 Å². The molecule has 27 heavy (non-hydrogen) atoms. The van der Waals surface area contributed by atoms with Crippen molar-refractivity contribution in [3.05, 3.63) is 29.5 Å². The van der Waals surface area contributed by atoms with E-state index in [1.54, 1.807) is 12.5 Å². The SMILES string of the molecule is CC(C)(C)[C@@H](Nc1nsnc1Nc1csc(S(N)(=O)=O)c1O)c1ccoc1. The Labute approximate surface area is 164 Å². The lowest BCUT2D eigenvalue weighted by molar-refractivity contribution is 0.345. The van der Waals surface area contributed by atoms with E-state index in [0.29, 0.717) is 11.6 Å². The molecule has 3 heterocycles. The fourth-order valence-corrected chi connectivity index (χ4v) is 4.65. The Bertz CT molecular complexity index is 1020. The predicted octanol–water partition coefficient (Wildman–Crippen LogP) is 3.49. The zero-order valence-electron chi connectivity index (χ0n) is 14.8. The van der Waals surface area contributed by atoms with Gasteiger partial charge in [-0.25, -0.2) is 13.6 Å². The highest BCUT2D eigenvalue weighted by Crippen LogP contribution is 2.41. The van der Waals surface area contributed by atoms with Crippen LogP contribution in [0.4, 0.5) is 17.3 Å². The molecule has 0 radical (unpaired) electrons. The number of aromatic hydroxyl groups is 1. The van der Waals surface area contributed by atoms with Crippen LogP contribution in [-0.2, 0) is 10.0 Å². The number of primary sulfonamides is 1. The predicted molar refractivity (Wildman–Crippen MR) is 105 cm³/mol. The van der Waals surface area contributed by atoms with Gasteiger partial charge in [0.15, 0.2) is 21.6 Å². The molecule has 12 heteroatoms. The van der Waals surface area contributed by atoms with Gasteiger partial charge in [0.1, 0.15) is 0 Å². The molecule has 0 aliphatic rings. The Morgan fingerprint density at radius 3 is 2.56 bits per heavy atom. The van der Waals surface area contributed by atoms with Gasteiger partial charge in [-0.1, -0.05) is 20.8 Å². The van der Waals surface area contributed by atoms with E-state index in [9.17, 15) is 13.5 Å². The third kappa shape index (κ3) is 4.24. The number of anilines is 3. The van der Waals surface area contributed by atoms with Gasteiger partial charge in [-0.15, -0.1) is 11.3 Å². The van der Waals surface area contributed by atoms with Crippen LogP contribution in [0.1, 0.15) is 32.4 Å². The largest absolute Gasteiger partial charge is 0.504 e. The summed E-state index contributed by atoms with van der Waals surface area (Å²) in [4.78, 5) is 0. The summed E-state index contributed by atoms with van der Waals surface area (Å²) in [7, 11) is -4.00. The summed E-state index contributed by atoms with van der Waals surface area (Å²) in [6, 6.07) is 1.76. The number of nitrogens with one attached hydrogen (secondary N) is 2. The molecule has 0 saturated heterocycles. The molecule has 0 aliphatic heterocycles. The maximum absolute atomic E-state index is 11.5. The van der Waals surface area contributed by atoms with Gasteiger partial charge < -0.3 is 20.2 Å². The van der Waals surface area contributed by atoms with Crippen molar-refractivity contribution < 1.29 is 17.9 Å². The highest BCUT2D eigenvalue weighted by Gasteiger charge is 2.29. The van der Waals surface area contributed by atoms with Gasteiger partial charge >= 0.3 is 0 Å². The van der Waals surface area contributed by atoms with Crippen molar-refractivity contribution in [2.45, 2.75) is 31.0 Å². The topological polar surface area (TPSA) is 143 Å². The Hall–Kier alpha value is -2.15. The van der Waals surface area contributed by atoms with E-state index in [-0.39, 0.29) is 21.4 Å². The van der Waals surface area contributed by atoms with Crippen LogP contribution >= 0.6 is 23.1 Å². The van der Waals surface area contributed by atoms with E-state index < -0.39 is 15.8 Å². The number of nitrogens with zero attached hydrogens (tertiary/aromatic N) is 2. The van der Waals surface area contributed by atoms with Crippen LogP contribution in [0.2, 0.25) is 0 Å².